The SMILES string of the molecule is CCCCCCOc1ccc(N(c2ccc(OCCCCCC)cc2)c2ccc(-c3sc(-c4cc5sc(/C=C(/C#N)C(=O)O)cc5s4)c4c3OC=CO4)cc2)cc1. The Hall–Kier alpha value is -5.54. The van der Waals surface area contributed by atoms with Gasteiger partial charge in [0.25, 0.3) is 0 Å². The number of thiophene rings is 3. The monoisotopic (exact) mass is 816 g/mol. The predicted octanol–water partition coefficient (Wildman–Crippen LogP) is 14.0. The van der Waals surface area contributed by atoms with E-state index in [1.165, 1.54) is 55.9 Å². The Kier molecular flexibility index (Phi) is 13.3. The van der Waals surface area contributed by atoms with Crippen LogP contribution in [0.3, 0.4) is 0 Å². The van der Waals surface area contributed by atoms with Crippen molar-refractivity contribution in [3.05, 3.63) is 108 Å². The van der Waals surface area contributed by atoms with Gasteiger partial charge in [-0.25, -0.2) is 4.79 Å². The summed E-state index contributed by atoms with van der Waals surface area (Å²) in [7, 11) is 0. The Morgan fingerprint density at radius 2 is 1.23 bits per heavy atom. The van der Waals surface area contributed by atoms with Gasteiger partial charge >= 0.3 is 5.97 Å². The molecule has 4 heterocycles. The molecule has 0 atom stereocenters. The summed E-state index contributed by atoms with van der Waals surface area (Å²) in [5.74, 6) is 1.81. The second kappa shape index (κ2) is 19.1. The number of unbranched alkanes of at least 4 members (excludes halogenated alkanes) is 6. The van der Waals surface area contributed by atoms with Gasteiger partial charge in [-0.05, 0) is 97.3 Å². The van der Waals surface area contributed by atoms with Crippen LogP contribution in [0.5, 0.6) is 23.0 Å². The summed E-state index contributed by atoms with van der Waals surface area (Å²) in [5, 5.41) is 18.5. The van der Waals surface area contributed by atoms with Crippen LogP contribution in [0, 0.1) is 11.3 Å². The van der Waals surface area contributed by atoms with Gasteiger partial charge in [-0.3, -0.25) is 0 Å². The number of ether oxygens (including phenoxy) is 4. The summed E-state index contributed by atoms with van der Waals surface area (Å²) in [4.78, 5) is 17.2. The normalized spacial score (nSPS) is 12.1. The smallest absolute Gasteiger partial charge is 0.346 e. The van der Waals surface area contributed by atoms with Gasteiger partial charge in [-0.15, -0.1) is 34.0 Å². The number of nitrogens with zero attached hydrogens (tertiary/aromatic N) is 2. The molecular formula is C46H44N2O6S3. The van der Waals surface area contributed by atoms with Crippen molar-refractivity contribution >= 4 is 72.5 Å². The molecule has 1 aliphatic heterocycles. The molecule has 0 bridgehead atoms. The second-order valence-corrected chi connectivity index (χ2v) is 16.8. The van der Waals surface area contributed by atoms with Crippen LogP contribution >= 0.6 is 34.0 Å². The number of fused-ring (bicyclic) bond motifs is 2. The fourth-order valence-corrected chi connectivity index (χ4v) is 10.1. The zero-order chi connectivity index (χ0) is 39.6. The molecule has 0 fully saturated rings. The zero-order valence-corrected chi connectivity index (χ0v) is 34.4. The van der Waals surface area contributed by atoms with Crippen molar-refractivity contribution in [2.45, 2.75) is 65.2 Å². The van der Waals surface area contributed by atoms with E-state index in [2.05, 4.69) is 73.3 Å². The number of rotatable bonds is 19. The maximum Gasteiger partial charge on any atom is 0.346 e. The molecule has 0 aliphatic carbocycles. The lowest BCUT2D eigenvalue weighted by molar-refractivity contribution is -0.132. The van der Waals surface area contributed by atoms with Gasteiger partial charge in [-0.2, -0.15) is 5.26 Å². The van der Waals surface area contributed by atoms with Crippen molar-refractivity contribution in [1.29, 1.82) is 5.26 Å². The van der Waals surface area contributed by atoms with Gasteiger partial charge < -0.3 is 29.0 Å². The molecule has 11 heteroatoms. The minimum absolute atomic E-state index is 0.292. The first-order valence-corrected chi connectivity index (χ1v) is 21.8. The summed E-state index contributed by atoms with van der Waals surface area (Å²) < 4.78 is 26.3. The zero-order valence-electron chi connectivity index (χ0n) is 32.0. The number of nitriles is 1. The van der Waals surface area contributed by atoms with Gasteiger partial charge in [0.2, 0.25) is 0 Å². The number of benzene rings is 3. The Labute approximate surface area is 345 Å². The highest BCUT2D eigenvalue weighted by atomic mass is 32.1. The van der Waals surface area contributed by atoms with E-state index in [-0.39, 0.29) is 5.57 Å². The van der Waals surface area contributed by atoms with Crippen LogP contribution in [0.4, 0.5) is 17.1 Å². The molecule has 57 heavy (non-hydrogen) atoms. The molecular weight excluding hydrogens is 773 g/mol. The summed E-state index contributed by atoms with van der Waals surface area (Å²) in [6.07, 6.45) is 13.8. The highest BCUT2D eigenvalue weighted by molar-refractivity contribution is 7.32. The van der Waals surface area contributed by atoms with Crippen LogP contribution in [0.1, 0.15) is 70.1 Å². The largest absolute Gasteiger partial charge is 0.494 e. The molecule has 0 amide bonds. The van der Waals surface area contributed by atoms with Crippen molar-refractivity contribution < 1.29 is 28.8 Å². The van der Waals surface area contributed by atoms with Crippen LogP contribution in [0.2, 0.25) is 0 Å². The minimum atomic E-state index is -1.24. The van der Waals surface area contributed by atoms with Gasteiger partial charge in [0.05, 0.1) is 27.8 Å². The number of carbonyl (C=O) groups is 1. The van der Waals surface area contributed by atoms with Crippen LogP contribution in [-0.4, -0.2) is 24.3 Å². The molecule has 0 saturated heterocycles. The molecule has 7 rings (SSSR count). The molecule has 292 valence electrons. The molecule has 1 aliphatic rings. The van der Waals surface area contributed by atoms with Crippen LogP contribution in [0.25, 0.3) is 35.7 Å². The van der Waals surface area contributed by atoms with Gasteiger partial charge in [-0.1, -0.05) is 64.5 Å². The standard InChI is InChI=1S/C46H44N2O6S3/c1-3-5-7-9-23-51-36-19-15-34(16-20-36)48(35-17-21-37(22-18-35)52-24-10-8-6-4-2)33-13-11-31(12-14-33)44-42-43(54-26-25-53-42)45(57-44)41-29-40-39(56-41)28-38(55-40)27-32(30-47)46(49)50/h11-22,25-29H,3-10,23-24H2,1-2H3,(H,49,50)/b32-27-. The van der Waals surface area contributed by atoms with Gasteiger partial charge in [0.1, 0.15) is 35.7 Å². The first kappa shape index (κ1) is 39.7. The summed E-state index contributed by atoms with van der Waals surface area (Å²) in [5.41, 5.74) is 3.71. The molecule has 0 saturated carbocycles. The molecule has 3 aromatic heterocycles. The first-order valence-electron chi connectivity index (χ1n) is 19.4. The van der Waals surface area contributed by atoms with Crippen LogP contribution < -0.4 is 23.8 Å². The summed E-state index contributed by atoms with van der Waals surface area (Å²) >= 11 is 4.64. The third-order valence-electron chi connectivity index (χ3n) is 9.45. The highest BCUT2D eigenvalue weighted by Gasteiger charge is 2.27. The van der Waals surface area contributed by atoms with E-state index in [0.29, 0.717) is 24.7 Å². The Morgan fingerprint density at radius 3 is 1.74 bits per heavy atom. The molecule has 8 nitrogen and oxygen atoms in total. The topological polar surface area (TPSA) is 101 Å². The number of anilines is 3. The van der Waals surface area contributed by atoms with E-state index in [0.717, 1.165) is 75.9 Å². The van der Waals surface area contributed by atoms with Crippen molar-refractivity contribution in [3.8, 4) is 49.3 Å². The molecule has 0 unspecified atom stereocenters. The third kappa shape index (κ3) is 9.54. The second-order valence-electron chi connectivity index (χ2n) is 13.6. The van der Waals surface area contributed by atoms with E-state index in [4.69, 9.17) is 18.9 Å². The quantitative estimate of drug-likeness (QED) is 0.0490. The number of aliphatic carboxylic acids is 1. The maximum absolute atomic E-state index is 11.4. The number of carboxylic acid groups (broad SMARTS) is 1. The van der Waals surface area contributed by atoms with E-state index < -0.39 is 5.97 Å². The predicted molar refractivity (Wildman–Crippen MR) is 234 cm³/mol. The summed E-state index contributed by atoms with van der Waals surface area (Å²) in [6, 6.07) is 30.8. The molecule has 0 radical (unpaired) electrons. The van der Waals surface area contributed by atoms with E-state index in [1.807, 2.05) is 30.3 Å². The maximum atomic E-state index is 11.4. The molecule has 6 aromatic rings. The van der Waals surface area contributed by atoms with Crippen molar-refractivity contribution in [1.82, 2.24) is 0 Å². The Bertz CT molecular complexity index is 2290. The van der Waals surface area contributed by atoms with Gasteiger partial charge in [0, 0.05) is 31.3 Å². The molecule has 1 N–H and O–H groups in total. The van der Waals surface area contributed by atoms with E-state index in [9.17, 15) is 15.2 Å². The first-order chi connectivity index (χ1) is 27.9. The van der Waals surface area contributed by atoms with Crippen LogP contribution in [0.15, 0.2) is 103 Å². The lowest BCUT2D eigenvalue weighted by Crippen LogP contribution is -2.10. The number of carboxylic acids is 1. The average Bonchev–Trinajstić information content (AvgIpc) is 3.93. The van der Waals surface area contributed by atoms with E-state index >= 15 is 0 Å². The summed E-state index contributed by atoms with van der Waals surface area (Å²) in [6.45, 7) is 5.86. The molecule has 0 spiro atoms. The highest BCUT2D eigenvalue weighted by Crippen LogP contribution is 2.56. The fourth-order valence-electron chi connectivity index (χ4n) is 6.51. The lowest BCUT2D eigenvalue weighted by atomic mass is 10.1. The van der Waals surface area contributed by atoms with Crippen molar-refractivity contribution in [3.63, 3.8) is 0 Å². The van der Waals surface area contributed by atoms with Crippen LogP contribution in [-0.2, 0) is 4.79 Å². The molecule has 3 aromatic carbocycles. The van der Waals surface area contributed by atoms with E-state index in [1.54, 1.807) is 41.3 Å². The number of hydrogen-bond acceptors (Lipinski definition) is 10. The van der Waals surface area contributed by atoms with Gasteiger partial charge in [0.15, 0.2) is 11.5 Å². The van der Waals surface area contributed by atoms with Crippen molar-refractivity contribution in [2.75, 3.05) is 18.1 Å². The third-order valence-corrected chi connectivity index (χ3v) is 13.1. The van der Waals surface area contributed by atoms with Crippen molar-refractivity contribution in [2.24, 2.45) is 0 Å². The minimum Gasteiger partial charge on any atom is -0.494 e. The lowest BCUT2D eigenvalue weighted by Gasteiger charge is -2.26. The Balaban J connectivity index is 1.16. The Morgan fingerprint density at radius 1 is 0.702 bits per heavy atom. The average molecular weight is 817 g/mol. The fraction of sp³-hybridized carbons (Fsp3) is 0.261. The number of hydrogen-bond donors (Lipinski definition) is 1.